The van der Waals surface area contributed by atoms with Gasteiger partial charge in [-0.3, -0.25) is 4.79 Å². The van der Waals surface area contributed by atoms with Crippen LogP contribution in [0.4, 0.5) is 0 Å². The van der Waals surface area contributed by atoms with E-state index in [1.165, 1.54) is 0 Å². The Bertz CT molecular complexity index is 160. The van der Waals surface area contributed by atoms with Crippen LogP contribution in [0.15, 0.2) is 0 Å². The highest BCUT2D eigenvalue weighted by Gasteiger charge is 2.14. The Labute approximate surface area is 85.9 Å². The highest BCUT2D eigenvalue weighted by atomic mass is 16.3. The first-order valence-electron chi connectivity index (χ1n) is 5.22. The predicted octanol–water partition coefficient (Wildman–Crippen LogP) is 0.249. The summed E-state index contributed by atoms with van der Waals surface area (Å²) in [6, 6.07) is -0.125. The van der Waals surface area contributed by atoms with Gasteiger partial charge in [0.15, 0.2) is 0 Å². The molecule has 1 atom stereocenters. The van der Waals surface area contributed by atoms with Crippen LogP contribution in [0.3, 0.4) is 0 Å². The molecule has 84 valence electrons. The van der Waals surface area contributed by atoms with Crippen LogP contribution in [0.2, 0.25) is 0 Å². The molecule has 0 spiro atoms. The van der Waals surface area contributed by atoms with E-state index in [0.29, 0.717) is 13.0 Å². The maximum Gasteiger partial charge on any atom is 0.220 e. The lowest BCUT2D eigenvalue weighted by atomic mass is 10.1. The monoisotopic (exact) mass is 202 g/mol. The normalized spacial score (nSPS) is 12.9. The second-order valence-corrected chi connectivity index (χ2v) is 3.85. The molecule has 0 saturated carbocycles. The van der Waals surface area contributed by atoms with Crippen molar-refractivity contribution in [3.8, 4) is 0 Å². The molecule has 14 heavy (non-hydrogen) atoms. The topological polar surface area (TPSA) is 75.3 Å². The van der Waals surface area contributed by atoms with Crippen LogP contribution in [-0.4, -0.2) is 30.2 Å². The SMILES string of the molecule is CC(C)C(CO)NC(=O)CCCCN. The zero-order valence-corrected chi connectivity index (χ0v) is 9.12. The minimum absolute atomic E-state index is 0.000293. The first-order chi connectivity index (χ1) is 6.61. The summed E-state index contributed by atoms with van der Waals surface area (Å²) < 4.78 is 0. The molecule has 1 unspecified atom stereocenters. The van der Waals surface area contributed by atoms with Crippen molar-refractivity contribution in [1.82, 2.24) is 5.32 Å². The van der Waals surface area contributed by atoms with Gasteiger partial charge < -0.3 is 16.2 Å². The molecule has 0 aromatic carbocycles. The summed E-state index contributed by atoms with van der Waals surface area (Å²) in [5, 5.41) is 11.8. The van der Waals surface area contributed by atoms with Crippen LogP contribution in [0, 0.1) is 5.92 Å². The lowest BCUT2D eigenvalue weighted by molar-refractivity contribution is -0.122. The number of nitrogens with one attached hydrogen (secondary N) is 1. The van der Waals surface area contributed by atoms with Gasteiger partial charge in [-0.05, 0) is 25.3 Å². The molecule has 0 bridgehead atoms. The van der Waals surface area contributed by atoms with Crippen LogP contribution in [0.5, 0.6) is 0 Å². The van der Waals surface area contributed by atoms with Crippen LogP contribution in [0.25, 0.3) is 0 Å². The Kier molecular flexibility index (Phi) is 7.42. The van der Waals surface area contributed by atoms with Gasteiger partial charge >= 0.3 is 0 Å². The van der Waals surface area contributed by atoms with E-state index < -0.39 is 0 Å². The fourth-order valence-corrected chi connectivity index (χ4v) is 1.13. The third-order valence-corrected chi connectivity index (χ3v) is 2.21. The molecule has 1 amide bonds. The maximum atomic E-state index is 11.3. The number of carbonyl (C=O) groups excluding carboxylic acids is 1. The molecular weight excluding hydrogens is 180 g/mol. The molecule has 0 heterocycles. The van der Waals surface area contributed by atoms with Gasteiger partial charge in [0.1, 0.15) is 0 Å². The molecule has 0 aromatic heterocycles. The number of carbonyl (C=O) groups is 1. The average Bonchev–Trinajstić information content (AvgIpc) is 2.14. The van der Waals surface area contributed by atoms with Gasteiger partial charge in [0, 0.05) is 6.42 Å². The number of unbranched alkanes of at least 4 members (excludes halogenated alkanes) is 1. The third kappa shape index (κ3) is 5.94. The standard InChI is InChI=1S/C10H22N2O2/c1-8(2)9(7-13)12-10(14)5-3-4-6-11/h8-9,13H,3-7,11H2,1-2H3,(H,12,14). The number of hydrogen-bond donors (Lipinski definition) is 3. The van der Waals surface area contributed by atoms with E-state index in [9.17, 15) is 4.79 Å². The zero-order valence-electron chi connectivity index (χ0n) is 9.12. The quantitative estimate of drug-likeness (QED) is 0.518. The summed E-state index contributed by atoms with van der Waals surface area (Å²) in [4.78, 5) is 11.3. The van der Waals surface area contributed by atoms with E-state index in [2.05, 4.69) is 5.32 Å². The highest BCUT2D eigenvalue weighted by Crippen LogP contribution is 2.01. The molecule has 4 N–H and O–H groups in total. The minimum atomic E-state index is -0.125. The van der Waals surface area contributed by atoms with Crippen LogP contribution >= 0.6 is 0 Å². The van der Waals surface area contributed by atoms with Gasteiger partial charge in [0.25, 0.3) is 0 Å². The Hall–Kier alpha value is -0.610. The highest BCUT2D eigenvalue weighted by molar-refractivity contribution is 5.76. The summed E-state index contributed by atoms with van der Waals surface area (Å²) in [5.41, 5.74) is 5.32. The molecule has 0 radical (unpaired) electrons. The van der Waals surface area contributed by atoms with Gasteiger partial charge in [-0.2, -0.15) is 0 Å². The fourth-order valence-electron chi connectivity index (χ4n) is 1.13. The average molecular weight is 202 g/mol. The molecule has 0 saturated heterocycles. The van der Waals surface area contributed by atoms with Crippen molar-refractivity contribution in [2.45, 2.75) is 39.2 Å². The number of nitrogens with two attached hydrogens (primary N) is 1. The lowest BCUT2D eigenvalue weighted by Gasteiger charge is -2.19. The second-order valence-electron chi connectivity index (χ2n) is 3.85. The number of aliphatic hydroxyl groups excluding tert-OH is 1. The number of rotatable bonds is 7. The summed E-state index contributed by atoms with van der Waals surface area (Å²) in [5.74, 6) is 0.268. The summed E-state index contributed by atoms with van der Waals surface area (Å²) in [6.07, 6.45) is 2.19. The van der Waals surface area contributed by atoms with Crippen LogP contribution in [0.1, 0.15) is 33.1 Å². The van der Waals surface area contributed by atoms with Crippen molar-refractivity contribution >= 4 is 5.91 Å². The first-order valence-corrected chi connectivity index (χ1v) is 5.22. The fraction of sp³-hybridized carbons (Fsp3) is 0.900. The van der Waals surface area contributed by atoms with E-state index in [-0.39, 0.29) is 24.5 Å². The molecule has 0 aliphatic rings. The van der Waals surface area contributed by atoms with Crippen molar-refractivity contribution in [3.05, 3.63) is 0 Å². The lowest BCUT2D eigenvalue weighted by Crippen LogP contribution is -2.41. The molecule has 0 fully saturated rings. The van der Waals surface area contributed by atoms with Gasteiger partial charge in [-0.1, -0.05) is 13.8 Å². The molecule has 4 heteroatoms. The maximum absolute atomic E-state index is 11.3. The molecular formula is C10H22N2O2. The smallest absolute Gasteiger partial charge is 0.220 e. The Morgan fingerprint density at radius 1 is 1.43 bits per heavy atom. The molecule has 0 rings (SSSR count). The van der Waals surface area contributed by atoms with Crippen molar-refractivity contribution in [2.75, 3.05) is 13.2 Å². The number of hydrogen-bond acceptors (Lipinski definition) is 3. The van der Waals surface area contributed by atoms with E-state index in [1.807, 2.05) is 13.8 Å². The van der Waals surface area contributed by atoms with E-state index in [0.717, 1.165) is 12.8 Å². The van der Waals surface area contributed by atoms with Gasteiger partial charge in [0.2, 0.25) is 5.91 Å². The van der Waals surface area contributed by atoms with Crippen LogP contribution in [-0.2, 0) is 4.79 Å². The summed E-state index contributed by atoms with van der Waals surface area (Å²) >= 11 is 0. The van der Waals surface area contributed by atoms with Gasteiger partial charge in [0.05, 0.1) is 12.6 Å². The van der Waals surface area contributed by atoms with Gasteiger partial charge in [-0.15, -0.1) is 0 Å². The van der Waals surface area contributed by atoms with E-state index >= 15 is 0 Å². The molecule has 4 nitrogen and oxygen atoms in total. The van der Waals surface area contributed by atoms with Crippen molar-refractivity contribution in [1.29, 1.82) is 0 Å². The Morgan fingerprint density at radius 3 is 2.50 bits per heavy atom. The Balaban J connectivity index is 3.68. The number of amides is 1. The van der Waals surface area contributed by atoms with Crippen molar-refractivity contribution < 1.29 is 9.90 Å². The first kappa shape index (κ1) is 13.4. The summed E-state index contributed by atoms with van der Waals surface area (Å²) in [6.45, 7) is 4.57. The molecule has 0 aromatic rings. The van der Waals surface area contributed by atoms with Crippen molar-refractivity contribution in [2.24, 2.45) is 11.7 Å². The second kappa shape index (κ2) is 7.76. The molecule has 0 aliphatic heterocycles. The van der Waals surface area contributed by atoms with Crippen LogP contribution < -0.4 is 11.1 Å². The third-order valence-electron chi connectivity index (χ3n) is 2.21. The molecule has 0 aliphatic carbocycles. The Morgan fingerprint density at radius 2 is 2.07 bits per heavy atom. The van der Waals surface area contributed by atoms with Gasteiger partial charge in [-0.25, -0.2) is 0 Å². The van der Waals surface area contributed by atoms with E-state index in [1.54, 1.807) is 0 Å². The van der Waals surface area contributed by atoms with Crippen molar-refractivity contribution in [3.63, 3.8) is 0 Å². The minimum Gasteiger partial charge on any atom is -0.394 e. The zero-order chi connectivity index (χ0) is 11.0. The largest absolute Gasteiger partial charge is 0.394 e. The predicted molar refractivity (Wildman–Crippen MR) is 56.8 cm³/mol. The van der Waals surface area contributed by atoms with E-state index in [4.69, 9.17) is 10.8 Å². The number of aliphatic hydroxyl groups is 1. The summed E-state index contributed by atoms with van der Waals surface area (Å²) in [7, 11) is 0.